The minimum Gasteiger partial charge on any atom is -0.377 e. The molecule has 1 heterocycles. The third-order valence-electron chi connectivity index (χ3n) is 5.21. The molecule has 18 heavy (non-hydrogen) atoms. The number of nitrogens with zero attached hydrogens (tertiary/aromatic N) is 1. The van der Waals surface area contributed by atoms with Crippen molar-refractivity contribution in [1.82, 2.24) is 4.90 Å². The number of hydrogen-bond acceptors (Lipinski definition) is 3. The minimum atomic E-state index is -0.219. The van der Waals surface area contributed by atoms with E-state index in [0.717, 1.165) is 18.5 Å². The lowest BCUT2D eigenvalue weighted by molar-refractivity contribution is -0.0114. The van der Waals surface area contributed by atoms with Crippen molar-refractivity contribution in [2.75, 3.05) is 20.2 Å². The van der Waals surface area contributed by atoms with Crippen molar-refractivity contribution < 1.29 is 4.74 Å². The number of likely N-dealkylation sites (tertiary alicyclic amines) is 1. The number of methoxy groups -OCH3 is 1. The Bertz CT molecular complexity index is 261. The molecule has 106 valence electrons. The summed E-state index contributed by atoms with van der Waals surface area (Å²) >= 11 is 0. The first-order valence-electron chi connectivity index (χ1n) is 7.59. The molecule has 2 rings (SSSR count). The molecule has 2 aliphatic rings. The predicted molar refractivity (Wildman–Crippen MR) is 75.6 cm³/mol. The first-order chi connectivity index (χ1) is 8.54. The molecular formula is C15H30N2O. The number of nitrogens with two attached hydrogens (primary N) is 1. The van der Waals surface area contributed by atoms with Crippen LogP contribution < -0.4 is 5.73 Å². The van der Waals surface area contributed by atoms with Crippen molar-refractivity contribution >= 4 is 0 Å². The zero-order chi connectivity index (χ0) is 13.2. The van der Waals surface area contributed by atoms with Gasteiger partial charge in [0.05, 0.1) is 5.60 Å². The average Bonchev–Trinajstić information content (AvgIpc) is 2.98. The Morgan fingerprint density at radius 2 is 1.89 bits per heavy atom. The van der Waals surface area contributed by atoms with Crippen LogP contribution in [0.25, 0.3) is 0 Å². The largest absolute Gasteiger partial charge is 0.377 e. The van der Waals surface area contributed by atoms with Crippen molar-refractivity contribution in [3.05, 3.63) is 0 Å². The molecule has 0 amide bonds. The molecule has 0 aromatic heterocycles. The van der Waals surface area contributed by atoms with E-state index in [9.17, 15) is 0 Å². The molecule has 2 unspecified atom stereocenters. The molecule has 2 N–H and O–H groups in total. The first-order valence-corrected chi connectivity index (χ1v) is 7.59. The second-order valence-corrected chi connectivity index (χ2v) is 6.66. The second kappa shape index (κ2) is 5.89. The summed E-state index contributed by atoms with van der Waals surface area (Å²) < 4.78 is 5.52. The van der Waals surface area contributed by atoms with E-state index in [-0.39, 0.29) is 11.6 Å². The van der Waals surface area contributed by atoms with Gasteiger partial charge in [0, 0.05) is 25.7 Å². The quantitative estimate of drug-likeness (QED) is 0.819. The summed E-state index contributed by atoms with van der Waals surface area (Å²) in [6, 6.07) is 0.899. The van der Waals surface area contributed by atoms with Crippen LogP contribution in [-0.4, -0.2) is 42.8 Å². The molecule has 1 saturated heterocycles. The lowest BCUT2D eigenvalue weighted by Gasteiger charge is -2.36. The Morgan fingerprint density at radius 3 is 2.50 bits per heavy atom. The molecule has 1 aliphatic carbocycles. The van der Waals surface area contributed by atoms with Crippen molar-refractivity contribution in [2.45, 2.75) is 70.1 Å². The highest BCUT2D eigenvalue weighted by Gasteiger charge is 2.36. The van der Waals surface area contributed by atoms with Gasteiger partial charge in [0.1, 0.15) is 0 Å². The van der Waals surface area contributed by atoms with Crippen LogP contribution in [-0.2, 0) is 4.74 Å². The van der Waals surface area contributed by atoms with Crippen LogP contribution >= 0.6 is 0 Å². The van der Waals surface area contributed by atoms with E-state index >= 15 is 0 Å². The van der Waals surface area contributed by atoms with E-state index in [2.05, 4.69) is 18.7 Å². The molecule has 1 aliphatic heterocycles. The van der Waals surface area contributed by atoms with E-state index < -0.39 is 0 Å². The first kappa shape index (κ1) is 14.3. The fraction of sp³-hybridized carbons (Fsp3) is 1.00. The summed E-state index contributed by atoms with van der Waals surface area (Å²) in [7, 11) is 1.76. The lowest BCUT2D eigenvalue weighted by Crippen LogP contribution is -2.53. The van der Waals surface area contributed by atoms with Gasteiger partial charge in [0.15, 0.2) is 0 Å². The maximum absolute atomic E-state index is 6.34. The minimum absolute atomic E-state index is 0.101. The molecule has 0 aromatic rings. The maximum Gasteiger partial charge on any atom is 0.0785 e. The Morgan fingerprint density at radius 1 is 1.22 bits per heavy atom. The summed E-state index contributed by atoms with van der Waals surface area (Å²) in [5, 5.41) is 0. The molecule has 3 heteroatoms. The third-order valence-corrected chi connectivity index (χ3v) is 5.21. The van der Waals surface area contributed by atoms with E-state index in [0.29, 0.717) is 0 Å². The molecular weight excluding hydrogens is 224 g/mol. The van der Waals surface area contributed by atoms with Crippen LogP contribution in [0.3, 0.4) is 0 Å². The highest BCUT2D eigenvalue weighted by atomic mass is 16.5. The van der Waals surface area contributed by atoms with Gasteiger partial charge in [-0.2, -0.15) is 0 Å². The number of hydrogen-bond donors (Lipinski definition) is 1. The van der Waals surface area contributed by atoms with Gasteiger partial charge < -0.3 is 10.5 Å². The second-order valence-electron chi connectivity index (χ2n) is 6.66. The predicted octanol–water partition coefficient (Wildman–Crippen LogP) is 2.39. The summed E-state index contributed by atoms with van der Waals surface area (Å²) in [6.07, 6.45) is 8.47. The van der Waals surface area contributed by atoms with Gasteiger partial charge in [-0.25, -0.2) is 0 Å². The zero-order valence-electron chi connectivity index (χ0n) is 12.3. The highest BCUT2D eigenvalue weighted by Crippen LogP contribution is 2.35. The van der Waals surface area contributed by atoms with Crippen molar-refractivity contribution in [1.29, 1.82) is 0 Å². The fourth-order valence-corrected chi connectivity index (χ4v) is 3.58. The number of ether oxygens (including phenoxy) is 1. The molecule has 1 saturated carbocycles. The summed E-state index contributed by atoms with van der Waals surface area (Å²) in [6.45, 7) is 6.41. The van der Waals surface area contributed by atoms with Gasteiger partial charge in [-0.3, -0.25) is 4.90 Å². The van der Waals surface area contributed by atoms with Gasteiger partial charge in [-0.05, 0) is 52.0 Å². The normalized spacial score (nSPS) is 29.0. The van der Waals surface area contributed by atoms with Crippen molar-refractivity contribution in [2.24, 2.45) is 11.7 Å². The SMILES string of the molecule is COC(C)(C)C(N)CN1CCCC1C1CCCC1. The van der Waals surface area contributed by atoms with Crippen molar-refractivity contribution in [3.8, 4) is 0 Å². The van der Waals surface area contributed by atoms with Crippen LogP contribution in [0.15, 0.2) is 0 Å². The Balaban J connectivity index is 1.91. The monoisotopic (exact) mass is 254 g/mol. The maximum atomic E-state index is 6.34. The van der Waals surface area contributed by atoms with Crippen LogP contribution in [0.5, 0.6) is 0 Å². The van der Waals surface area contributed by atoms with Gasteiger partial charge in [-0.15, -0.1) is 0 Å². The molecule has 2 fully saturated rings. The Labute approximate surface area is 112 Å². The van der Waals surface area contributed by atoms with Crippen LogP contribution in [0.1, 0.15) is 52.4 Å². The van der Waals surface area contributed by atoms with E-state index in [1.165, 1.54) is 45.1 Å². The van der Waals surface area contributed by atoms with Crippen LogP contribution in [0.4, 0.5) is 0 Å². The lowest BCUT2D eigenvalue weighted by atomic mass is 9.94. The fourth-order valence-electron chi connectivity index (χ4n) is 3.58. The molecule has 0 bridgehead atoms. The van der Waals surface area contributed by atoms with Crippen molar-refractivity contribution in [3.63, 3.8) is 0 Å². The average molecular weight is 254 g/mol. The molecule has 0 radical (unpaired) electrons. The van der Waals surface area contributed by atoms with Gasteiger partial charge >= 0.3 is 0 Å². The molecule has 2 atom stereocenters. The molecule has 3 nitrogen and oxygen atoms in total. The van der Waals surface area contributed by atoms with Gasteiger partial charge in [-0.1, -0.05) is 12.8 Å². The molecule has 0 spiro atoms. The van der Waals surface area contributed by atoms with Crippen LogP contribution in [0, 0.1) is 5.92 Å². The standard InChI is InChI=1S/C15H30N2O/c1-15(2,18-3)14(16)11-17-10-6-9-13(17)12-7-4-5-8-12/h12-14H,4-11,16H2,1-3H3. The Hall–Kier alpha value is -0.120. The van der Waals surface area contributed by atoms with E-state index in [1.54, 1.807) is 7.11 Å². The topological polar surface area (TPSA) is 38.5 Å². The summed E-state index contributed by atoms with van der Waals surface area (Å²) in [5.41, 5.74) is 6.12. The highest BCUT2D eigenvalue weighted by molar-refractivity contribution is 4.92. The van der Waals surface area contributed by atoms with E-state index in [1.807, 2.05) is 0 Å². The van der Waals surface area contributed by atoms with Gasteiger partial charge in [0.25, 0.3) is 0 Å². The Kier molecular flexibility index (Phi) is 4.68. The van der Waals surface area contributed by atoms with Gasteiger partial charge in [0.2, 0.25) is 0 Å². The molecule has 0 aromatic carbocycles. The third kappa shape index (κ3) is 3.06. The smallest absolute Gasteiger partial charge is 0.0785 e. The summed E-state index contributed by atoms with van der Waals surface area (Å²) in [5.74, 6) is 0.936. The van der Waals surface area contributed by atoms with Crippen LogP contribution in [0.2, 0.25) is 0 Å². The summed E-state index contributed by atoms with van der Waals surface area (Å²) in [4.78, 5) is 2.64. The van der Waals surface area contributed by atoms with E-state index in [4.69, 9.17) is 10.5 Å². The zero-order valence-corrected chi connectivity index (χ0v) is 12.3. The number of rotatable bonds is 5.